The largest absolute Gasteiger partial charge is 0.389 e. The van der Waals surface area contributed by atoms with E-state index in [0.29, 0.717) is 11.9 Å². The molecule has 1 atom stereocenters. The van der Waals surface area contributed by atoms with Gasteiger partial charge in [0.1, 0.15) is 0 Å². The van der Waals surface area contributed by atoms with E-state index in [-0.39, 0.29) is 0 Å². The van der Waals surface area contributed by atoms with Crippen LogP contribution in [-0.2, 0) is 6.54 Å². The van der Waals surface area contributed by atoms with Gasteiger partial charge in [0, 0.05) is 26.1 Å². The lowest BCUT2D eigenvalue weighted by Crippen LogP contribution is -2.51. The Labute approximate surface area is 138 Å². The van der Waals surface area contributed by atoms with E-state index in [0.717, 1.165) is 57.7 Å². The lowest BCUT2D eigenvalue weighted by atomic mass is 9.84. The molecule has 2 aliphatic rings. The second kappa shape index (κ2) is 7.28. The maximum atomic E-state index is 10.8. The minimum Gasteiger partial charge on any atom is -0.389 e. The second-order valence-electron chi connectivity index (χ2n) is 7.46. The standard InChI is InChI=1S/C17H30N4O2/c1-14-18-16(19-23-14)12-21-10-6-7-15(11-21)20(2)13-17(22)8-4-3-5-9-17/h15,22H,3-13H2,1-2H3/t15-/m1/s1. The van der Waals surface area contributed by atoms with Crippen LogP contribution in [0.3, 0.4) is 0 Å². The van der Waals surface area contributed by atoms with Gasteiger partial charge in [-0.25, -0.2) is 0 Å². The SMILES string of the molecule is Cc1nc(CN2CCC[C@@H](N(C)CC3(O)CCCCC3)C2)no1. The molecule has 1 N–H and O–H groups in total. The third-order valence-electron chi connectivity index (χ3n) is 5.37. The van der Waals surface area contributed by atoms with E-state index in [1.807, 2.05) is 6.92 Å². The van der Waals surface area contributed by atoms with E-state index in [1.54, 1.807) is 0 Å². The zero-order valence-electron chi connectivity index (χ0n) is 14.5. The quantitative estimate of drug-likeness (QED) is 0.894. The van der Waals surface area contributed by atoms with Gasteiger partial charge in [-0.3, -0.25) is 9.80 Å². The normalized spacial score (nSPS) is 25.8. The van der Waals surface area contributed by atoms with Crippen molar-refractivity contribution in [1.82, 2.24) is 19.9 Å². The Morgan fingerprint density at radius 2 is 2.09 bits per heavy atom. The molecule has 130 valence electrons. The molecule has 1 aromatic heterocycles. The zero-order chi connectivity index (χ0) is 16.3. The Morgan fingerprint density at radius 1 is 1.30 bits per heavy atom. The van der Waals surface area contributed by atoms with Crippen molar-refractivity contribution in [1.29, 1.82) is 0 Å². The second-order valence-corrected chi connectivity index (χ2v) is 7.46. The molecule has 1 aliphatic heterocycles. The third-order valence-corrected chi connectivity index (χ3v) is 5.37. The van der Waals surface area contributed by atoms with Crippen molar-refractivity contribution in [2.75, 3.05) is 26.7 Å². The fraction of sp³-hybridized carbons (Fsp3) is 0.882. The number of aliphatic hydroxyl groups is 1. The maximum absolute atomic E-state index is 10.8. The summed E-state index contributed by atoms with van der Waals surface area (Å²) in [6.07, 6.45) is 7.90. The number of hydrogen-bond donors (Lipinski definition) is 1. The summed E-state index contributed by atoms with van der Waals surface area (Å²) in [6.45, 7) is 5.48. The molecule has 2 fully saturated rings. The highest BCUT2D eigenvalue weighted by molar-refractivity contribution is 4.90. The summed E-state index contributed by atoms with van der Waals surface area (Å²) in [7, 11) is 2.17. The first-order valence-electron chi connectivity index (χ1n) is 8.98. The van der Waals surface area contributed by atoms with Crippen molar-refractivity contribution in [2.45, 2.75) is 70.1 Å². The Bertz CT molecular complexity index is 499. The van der Waals surface area contributed by atoms with Crippen molar-refractivity contribution < 1.29 is 9.63 Å². The Hall–Kier alpha value is -0.980. The van der Waals surface area contributed by atoms with Crippen LogP contribution < -0.4 is 0 Å². The molecule has 0 radical (unpaired) electrons. The van der Waals surface area contributed by atoms with Crippen molar-refractivity contribution in [2.24, 2.45) is 0 Å². The van der Waals surface area contributed by atoms with Gasteiger partial charge < -0.3 is 9.63 Å². The fourth-order valence-corrected chi connectivity index (χ4v) is 4.10. The lowest BCUT2D eigenvalue weighted by molar-refractivity contribution is -0.0366. The molecule has 1 aromatic rings. The van der Waals surface area contributed by atoms with E-state index in [1.165, 1.54) is 19.3 Å². The van der Waals surface area contributed by atoms with E-state index in [9.17, 15) is 5.11 Å². The molecule has 1 saturated carbocycles. The Balaban J connectivity index is 1.52. The highest BCUT2D eigenvalue weighted by atomic mass is 16.5. The average molecular weight is 322 g/mol. The van der Waals surface area contributed by atoms with Crippen LogP contribution in [-0.4, -0.2) is 63.4 Å². The van der Waals surface area contributed by atoms with Gasteiger partial charge in [-0.1, -0.05) is 24.4 Å². The number of rotatable bonds is 5. The van der Waals surface area contributed by atoms with Crippen molar-refractivity contribution in [3.63, 3.8) is 0 Å². The van der Waals surface area contributed by atoms with Gasteiger partial charge in [-0.2, -0.15) is 4.98 Å². The van der Waals surface area contributed by atoms with Crippen molar-refractivity contribution >= 4 is 0 Å². The highest BCUT2D eigenvalue weighted by Crippen LogP contribution is 2.29. The summed E-state index contributed by atoms with van der Waals surface area (Å²) >= 11 is 0. The predicted molar refractivity (Wildman–Crippen MR) is 88.0 cm³/mol. The van der Waals surface area contributed by atoms with E-state index in [2.05, 4.69) is 27.0 Å². The number of likely N-dealkylation sites (tertiary alicyclic amines) is 1. The first-order valence-corrected chi connectivity index (χ1v) is 8.98. The molecule has 3 rings (SSSR count). The Morgan fingerprint density at radius 3 is 2.78 bits per heavy atom. The third kappa shape index (κ3) is 4.52. The van der Waals surface area contributed by atoms with Gasteiger partial charge in [0.15, 0.2) is 5.82 Å². The van der Waals surface area contributed by atoms with Crippen LogP contribution in [0.1, 0.15) is 56.7 Å². The number of piperidine rings is 1. The number of nitrogens with zero attached hydrogens (tertiary/aromatic N) is 4. The van der Waals surface area contributed by atoms with E-state index < -0.39 is 5.60 Å². The molecule has 2 heterocycles. The molecule has 0 aromatic carbocycles. The van der Waals surface area contributed by atoms with Gasteiger partial charge in [0.2, 0.25) is 5.89 Å². The molecule has 6 nitrogen and oxygen atoms in total. The van der Waals surface area contributed by atoms with Gasteiger partial charge in [-0.15, -0.1) is 0 Å². The molecule has 6 heteroatoms. The number of hydrogen-bond acceptors (Lipinski definition) is 6. The summed E-state index contributed by atoms with van der Waals surface area (Å²) in [5.74, 6) is 1.40. The number of likely N-dealkylation sites (N-methyl/N-ethyl adjacent to an activating group) is 1. The molecule has 1 saturated heterocycles. The van der Waals surface area contributed by atoms with Crippen LogP contribution in [0.15, 0.2) is 4.52 Å². The summed E-state index contributed by atoms with van der Waals surface area (Å²) in [5.41, 5.74) is -0.472. The first kappa shape index (κ1) is 16.9. The summed E-state index contributed by atoms with van der Waals surface area (Å²) < 4.78 is 5.06. The minimum atomic E-state index is -0.472. The van der Waals surface area contributed by atoms with Crippen LogP contribution >= 0.6 is 0 Å². The molecular formula is C17H30N4O2. The Kier molecular flexibility index (Phi) is 5.34. The summed E-state index contributed by atoms with van der Waals surface area (Å²) in [5, 5.41) is 14.8. The van der Waals surface area contributed by atoms with Gasteiger partial charge >= 0.3 is 0 Å². The topological polar surface area (TPSA) is 65.6 Å². The fourth-order valence-electron chi connectivity index (χ4n) is 4.10. The van der Waals surface area contributed by atoms with Crippen LogP contribution in [0.25, 0.3) is 0 Å². The summed E-state index contributed by atoms with van der Waals surface area (Å²) in [4.78, 5) is 9.08. The first-order chi connectivity index (χ1) is 11.0. The molecule has 1 aliphatic carbocycles. The molecule has 0 unspecified atom stereocenters. The number of aryl methyl sites for hydroxylation is 1. The smallest absolute Gasteiger partial charge is 0.223 e. The van der Waals surface area contributed by atoms with Crippen LogP contribution in [0.5, 0.6) is 0 Å². The number of aromatic nitrogens is 2. The van der Waals surface area contributed by atoms with Crippen molar-refractivity contribution in [3.05, 3.63) is 11.7 Å². The van der Waals surface area contributed by atoms with Crippen molar-refractivity contribution in [3.8, 4) is 0 Å². The lowest BCUT2D eigenvalue weighted by Gasteiger charge is -2.42. The molecule has 0 spiro atoms. The highest BCUT2D eigenvalue weighted by Gasteiger charge is 2.33. The van der Waals surface area contributed by atoms with Gasteiger partial charge in [0.05, 0.1) is 12.1 Å². The van der Waals surface area contributed by atoms with Gasteiger partial charge in [-0.05, 0) is 39.3 Å². The molecule has 23 heavy (non-hydrogen) atoms. The zero-order valence-corrected chi connectivity index (χ0v) is 14.5. The van der Waals surface area contributed by atoms with Crippen LogP contribution in [0.4, 0.5) is 0 Å². The van der Waals surface area contributed by atoms with Crippen LogP contribution in [0, 0.1) is 6.92 Å². The summed E-state index contributed by atoms with van der Waals surface area (Å²) in [6, 6.07) is 0.502. The van der Waals surface area contributed by atoms with Gasteiger partial charge in [0.25, 0.3) is 0 Å². The average Bonchev–Trinajstić information content (AvgIpc) is 2.93. The monoisotopic (exact) mass is 322 g/mol. The molecule has 0 amide bonds. The predicted octanol–water partition coefficient (Wildman–Crippen LogP) is 1.97. The molecular weight excluding hydrogens is 292 g/mol. The van der Waals surface area contributed by atoms with E-state index >= 15 is 0 Å². The molecule has 0 bridgehead atoms. The maximum Gasteiger partial charge on any atom is 0.223 e. The van der Waals surface area contributed by atoms with E-state index in [4.69, 9.17) is 4.52 Å². The minimum absolute atomic E-state index is 0.472. The van der Waals surface area contributed by atoms with Crippen LogP contribution in [0.2, 0.25) is 0 Å².